The van der Waals surface area contributed by atoms with E-state index in [-0.39, 0.29) is 23.5 Å². The molecule has 0 aromatic carbocycles. The van der Waals surface area contributed by atoms with Crippen molar-refractivity contribution >= 4 is 14.4 Å². The number of rotatable bonds is 3. The molecule has 1 aliphatic rings. The molecule has 2 atom stereocenters. The lowest BCUT2D eigenvalue weighted by molar-refractivity contribution is -0.141. The summed E-state index contributed by atoms with van der Waals surface area (Å²) in [4.78, 5) is 20.5. The summed E-state index contributed by atoms with van der Waals surface area (Å²) >= 11 is 0. The molecule has 1 aromatic rings. The van der Waals surface area contributed by atoms with Crippen LogP contribution in [0.5, 0.6) is 0 Å². The largest absolute Gasteiger partial charge is 0.444 e. The van der Waals surface area contributed by atoms with Crippen molar-refractivity contribution in [1.29, 1.82) is 0 Å². The number of hydrogen-bond donors (Lipinski definition) is 1. The second kappa shape index (κ2) is 7.61. The Labute approximate surface area is 171 Å². The van der Waals surface area contributed by atoms with Crippen LogP contribution in [0.25, 0.3) is 0 Å². The number of aromatic nitrogens is 2. The maximum Gasteiger partial charge on any atom is 0.434 e. The van der Waals surface area contributed by atoms with Gasteiger partial charge < -0.3 is 14.1 Å². The molecule has 0 radical (unpaired) electrons. The van der Waals surface area contributed by atoms with Gasteiger partial charge in [0.05, 0.1) is 12.1 Å². The summed E-state index contributed by atoms with van der Waals surface area (Å²) in [6, 6.07) is -0.671. The van der Waals surface area contributed by atoms with E-state index < -0.39 is 37.9 Å². The highest BCUT2D eigenvalue weighted by Gasteiger charge is 2.46. The number of likely N-dealkylation sites (tertiary alicyclic amines) is 1. The zero-order valence-corrected chi connectivity index (χ0v) is 19.4. The first kappa shape index (κ1) is 23.7. The summed E-state index contributed by atoms with van der Waals surface area (Å²) in [7, 11) is -2.13. The summed E-state index contributed by atoms with van der Waals surface area (Å²) in [5.74, 6) is 0.0875. The molecular weight excluding hydrogens is 403 g/mol. The van der Waals surface area contributed by atoms with E-state index in [4.69, 9.17) is 9.16 Å². The van der Waals surface area contributed by atoms with Gasteiger partial charge in [-0.3, -0.25) is 4.90 Å². The number of hydrogen-bond acceptors (Lipinski definition) is 4. The molecule has 166 valence electrons. The topological polar surface area (TPSA) is 67.4 Å². The van der Waals surface area contributed by atoms with Crippen molar-refractivity contribution in [2.75, 3.05) is 6.54 Å². The Morgan fingerprint density at radius 1 is 1.21 bits per heavy atom. The predicted octanol–water partition coefficient (Wildman–Crippen LogP) is 5.50. The normalized spacial score (nSPS) is 21.6. The van der Waals surface area contributed by atoms with E-state index in [1.807, 2.05) is 0 Å². The maximum atomic E-state index is 13.0. The first-order chi connectivity index (χ1) is 12.9. The van der Waals surface area contributed by atoms with E-state index in [0.717, 1.165) is 6.20 Å². The summed E-state index contributed by atoms with van der Waals surface area (Å²) in [5, 5.41) is -0.0318. The third kappa shape index (κ3) is 5.75. The molecule has 1 fully saturated rings. The fourth-order valence-electron chi connectivity index (χ4n) is 2.91. The number of nitrogens with zero attached hydrogens (tertiary/aromatic N) is 2. The van der Waals surface area contributed by atoms with Crippen molar-refractivity contribution in [2.24, 2.45) is 0 Å². The van der Waals surface area contributed by atoms with Crippen LogP contribution in [0.1, 0.15) is 65.5 Å². The Morgan fingerprint density at radius 2 is 1.79 bits per heavy atom. The SMILES string of the molecule is CC(C)(C)OC(=O)N1C[C@H](O[Si](C)(C)C(C)(C)C)C[C@H]1c1nc(C(F)(F)F)c[nH]1. The van der Waals surface area contributed by atoms with Crippen molar-refractivity contribution in [1.82, 2.24) is 14.9 Å². The third-order valence-corrected chi connectivity index (χ3v) is 9.90. The van der Waals surface area contributed by atoms with Crippen molar-refractivity contribution in [2.45, 2.75) is 90.0 Å². The van der Waals surface area contributed by atoms with Gasteiger partial charge in [-0.05, 0) is 38.9 Å². The standard InChI is InChI=1S/C19H32F3N3O3Si/c1-17(2,3)27-16(26)25-11-12(28-29(7,8)18(4,5)6)9-13(25)15-23-10-14(24-15)19(20,21)22/h10,12-13H,9,11H2,1-8H3,(H,23,24)/t12-,13+/m1/s1. The molecule has 0 saturated carbocycles. The quantitative estimate of drug-likeness (QED) is 0.637. The van der Waals surface area contributed by atoms with Gasteiger partial charge in [-0.25, -0.2) is 9.78 Å². The molecular formula is C19H32F3N3O3Si. The molecule has 10 heteroatoms. The molecule has 1 saturated heterocycles. The van der Waals surface area contributed by atoms with Crippen molar-refractivity contribution in [3.8, 4) is 0 Å². The van der Waals surface area contributed by atoms with Crippen LogP contribution in [-0.4, -0.2) is 47.5 Å². The zero-order chi connectivity index (χ0) is 22.4. The Hall–Kier alpha value is -1.55. The van der Waals surface area contributed by atoms with E-state index in [9.17, 15) is 18.0 Å². The minimum atomic E-state index is -4.55. The van der Waals surface area contributed by atoms with Gasteiger partial charge in [0, 0.05) is 19.2 Å². The number of nitrogens with one attached hydrogen (secondary N) is 1. The molecule has 0 bridgehead atoms. The number of halogens is 3. The minimum absolute atomic E-state index is 0.0318. The van der Waals surface area contributed by atoms with Gasteiger partial charge in [0.15, 0.2) is 14.0 Å². The van der Waals surface area contributed by atoms with E-state index in [2.05, 4.69) is 43.8 Å². The highest BCUT2D eigenvalue weighted by Crippen LogP contribution is 2.41. The van der Waals surface area contributed by atoms with Gasteiger partial charge in [-0.15, -0.1) is 0 Å². The van der Waals surface area contributed by atoms with Gasteiger partial charge in [0.25, 0.3) is 0 Å². The summed E-state index contributed by atoms with van der Waals surface area (Å²) < 4.78 is 50.9. The fourth-order valence-corrected chi connectivity index (χ4v) is 4.27. The Morgan fingerprint density at radius 3 is 2.24 bits per heavy atom. The lowest BCUT2D eigenvalue weighted by atomic mass is 10.2. The number of alkyl halides is 3. The van der Waals surface area contributed by atoms with E-state index in [1.54, 1.807) is 20.8 Å². The molecule has 0 aliphatic carbocycles. The van der Waals surface area contributed by atoms with Gasteiger partial charge in [-0.2, -0.15) is 13.2 Å². The van der Waals surface area contributed by atoms with E-state index in [0.29, 0.717) is 6.42 Å². The monoisotopic (exact) mass is 435 g/mol. The fraction of sp³-hybridized carbons (Fsp3) is 0.789. The molecule has 2 heterocycles. The van der Waals surface area contributed by atoms with Crippen molar-refractivity contribution in [3.63, 3.8) is 0 Å². The van der Waals surface area contributed by atoms with E-state index >= 15 is 0 Å². The van der Waals surface area contributed by atoms with Crippen LogP contribution in [0.4, 0.5) is 18.0 Å². The Balaban J connectivity index is 2.30. The average Bonchev–Trinajstić information content (AvgIpc) is 3.09. The number of ether oxygens (including phenoxy) is 1. The number of imidazole rings is 1. The molecule has 2 rings (SSSR count). The van der Waals surface area contributed by atoms with Crippen LogP contribution in [0.3, 0.4) is 0 Å². The molecule has 1 N–H and O–H groups in total. The van der Waals surface area contributed by atoms with Crippen LogP contribution in [0, 0.1) is 0 Å². The second-order valence-electron chi connectivity index (χ2n) is 10.1. The van der Waals surface area contributed by atoms with Crippen molar-refractivity contribution in [3.05, 3.63) is 17.7 Å². The number of H-pyrrole nitrogens is 1. The molecule has 1 aromatic heterocycles. The van der Waals surface area contributed by atoms with Crippen LogP contribution in [0.15, 0.2) is 6.20 Å². The molecule has 29 heavy (non-hydrogen) atoms. The van der Waals surface area contributed by atoms with E-state index in [1.165, 1.54) is 4.90 Å². The van der Waals surface area contributed by atoms with Crippen LogP contribution in [0.2, 0.25) is 18.1 Å². The third-order valence-electron chi connectivity index (χ3n) is 5.36. The Bertz CT molecular complexity index is 736. The van der Waals surface area contributed by atoms with Gasteiger partial charge in [-0.1, -0.05) is 20.8 Å². The highest BCUT2D eigenvalue weighted by molar-refractivity contribution is 6.74. The lowest BCUT2D eigenvalue weighted by Crippen LogP contribution is -2.45. The number of carbonyl (C=O) groups excluding carboxylic acids is 1. The summed E-state index contributed by atoms with van der Waals surface area (Å²) in [6.45, 7) is 16.0. The predicted molar refractivity (Wildman–Crippen MR) is 106 cm³/mol. The number of aromatic amines is 1. The minimum Gasteiger partial charge on any atom is -0.444 e. The molecule has 1 amide bonds. The second-order valence-corrected chi connectivity index (χ2v) is 14.8. The number of carbonyl (C=O) groups is 1. The molecule has 0 unspecified atom stereocenters. The maximum absolute atomic E-state index is 13.0. The van der Waals surface area contributed by atoms with Crippen LogP contribution < -0.4 is 0 Å². The Kier molecular flexibility index (Phi) is 6.22. The van der Waals surface area contributed by atoms with Gasteiger partial charge >= 0.3 is 12.3 Å². The van der Waals surface area contributed by atoms with Crippen LogP contribution >= 0.6 is 0 Å². The molecule has 0 spiro atoms. The van der Waals surface area contributed by atoms with Crippen molar-refractivity contribution < 1.29 is 27.1 Å². The number of amides is 1. The highest BCUT2D eigenvalue weighted by atomic mass is 28.4. The summed E-state index contributed by atoms with van der Waals surface area (Å²) in [6.07, 6.45) is -4.26. The van der Waals surface area contributed by atoms with Crippen LogP contribution in [-0.2, 0) is 15.3 Å². The molecule has 6 nitrogen and oxygen atoms in total. The zero-order valence-electron chi connectivity index (χ0n) is 18.4. The van der Waals surface area contributed by atoms with Gasteiger partial charge in [0.2, 0.25) is 0 Å². The molecule has 1 aliphatic heterocycles. The smallest absolute Gasteiger partial charge is 0.434 e. The summed E-state index contributed by atoms with van der Waals surface area (Å²) in [5.41, 5.74) is -1.73. The lowest BCUT2D eigenvalue weighted by Gasteiger charge is -2.38. The first-order valence-electron chi connectivity index (χ1n) is 9.71. The average molecular weight is 436 g/mol. The van der Waals surface area contributed by atoms with Gasteiger partial charge in [0.1, 0.15) is 11.4 Å². The first-order valence-corrected chi connectivity index (χ1v) is 12.6.